The van der Waals surface area contributed by atoms with Crippen molar-refractivity contribution in [2.24, 2.45) is 4.99 Å². The Morgan fingerprint density at radius 2 is 1.88 bits per heavy atom. The smallest absolute Gasteiger partial charge is 0.203 e. The molecule has 0 saturated carbocycles. The average molecular weight is 325 g/mol. The normalized spacial score (nSPS) is 11.7. The van der Waals surface area contributed by atoms with E-state index in [0.29, 0.717) is 23.5 Å². The van der Waals surface area contributed by atoms with Gasteiger partial charge in [-0.05, 0) is 44.5 Å². The van der Waals surface area contributed by atoms with Crippen LogP contribution in [0.4, 0.5) is 0 Å². The molecule has 0 radical (unpaired) electrons. The Balaban J connectivity index is 2.12. The van der Waals surface area contributed by atoms with Gasteiger partial charge in [-0.15, -0.1) is 0 Å². The lowest BCUT2D eigenvalue weighted by atomic mass is 10.1. The van der Waals surface area contributed by atoms with Crippen LogP contribution >= 0.6 is 0 Å². The van der Waals surface area contributed by atoms with E-state index >= 15 is 0 Å². The zero-order chi connectivity index (χ0) is 17.6. The van der Waals surface area contributed by atoms with Crippen molar-refractivity contribution in [2.75, 3.05) is 0 Å². The van der Waals surface area contributed by atoms with Crippen LogP contribution in [-0.4, -0.2) is 22.6 Å². The molecule has 0 spiro atoms. The first-order valence-corrected chi connectivity index (χ1v) is 7.89. The molecule has 0 unspecified atom stereocenters. The second kappa shape index (κ2) is 7.88. The van der Waals surface area contributed by atoms with E-state index in [1.807, 2.05) is 51.1 Å². The van der Waals surface area contributed by atoms with Gasteiger partial charge in [0.15, 0.2) is 0 Å². The molecule has 0 fully saturated rings. The highest BCUT2D eigenvalue weighted by atomic mass is 16.5. The minimum Gasteiger partial charge on any atom is -0.489 e. The molecule has 0 aliphatic heterocycles. The number of ether oxygens (including phenoxy) is 1. The molecule has 4 nitrogen and oxygen atoms in total. The molecule has 0 amide bonds. The van der Waals surface area contributed by atoms with Crippen LogP contribution < -0.4 is 4.74 Å². The summed E-state index contributed by atoms with van der Waals surface area (Å²) in [6.45, 7) is 6.00. The molecule has 2 aromatic carbocycles. The van der Waals surface area contributed by atoms with Crippen molar-refractivity contribution < 1.29 is 14.6 Å². The Morgan fingerprint density at radius 1 is 1.17 bits per heavy atom. The second-order valence-corrected chi connectivity index (χ2v) is 6.55. The maximum atomic E-state index is 12.2. The van der Waals surface area contributed by atoms with Gasteiger partial charge in [-0.2, -0.15) is 0 Å². The first kappa shape index (κ1) is 17.9. The van der Waals surface area contributed by atoms with Crippen molar-refractivity contribution >= 4 is 12.0 Å². The highest BCUT2D eigenvalue weighted by Crippen LogP contribution is 2.22. The molecule has 1 N–H and O–H groups in total. The van der Waals surface area contributed by atoms with Crippen LogP contribution in [-0.2, 0) is 13.2 Å². The Bertz CT molecular complexity index is 715. The Hall–Kier alpha value is -2.46. The van der Waals surface area contributed by atoms with Gasteiger partial charge in [-0.1, -0.05) is 30.3 Å². The van der Waals surface area contributed by atoms with Gasteiger partial charge in [0.2, 0.25) is 5.78 Å². The topological polar surface area (TPSA) is 58.9 Å². The Kier molecular flexibility index (Phi) is 5.88. The lowest BCUT2D eigenvalue weighted by molar-refractivity contribution is 0.106. The number of rotatable bonds is 6. The zero-order valence-electron chi connectivity index (χ0n) is 14.3. The van der Waals surface area contributed by atoms with E-state index < -0.39 is 0 Å². The molecule has 0 atom stereocenters. The summed E-state index contributed by atoms with van der Waals surface area (Å²) in [6.07, 6.45) is 1.33. The summed E-state index contributed by atoms with van der Waals surface area (Å²) in [6, 6.07) is 14.8. The predicted molar refractivity (Wildman–Crippen MR) is 95.7 cm³/mol. The summed E-state index contributed by atoms with van der Waals surface area (Å²) in [7, 11) is 0. The van der Waals surface area contributed by atoms with Crippen LogP contribution in [0.2, 0.25) is 0 Å². The first-order chi connectivity index (χ1) is 11.4. The van der Waals surface area contributed by atoms with Crippen LogP contribution in [0.5, 0.6) is 5.75 Å². The molecule has 0 aliphatic rings. The fraction of sp³-hybridized carbons (Fsp3) is 0.300. The summed E-state index contributed by atoms with van der Waals surface area (Å²) < 4.78 is 5.76. The van der Waals surface area contributed by atoms with Crippen molar-refractivity contribution in [3.05, 3.63) is 65.2 Å². The number of benzene rings is 2. The molecule has 4 heteroatoms. The Labute approximate surface area is 142 Å². The number of nitrogens with zero attached hydrogens (tertiary/aromatic N) is 1. The highest BCUT2D eigenvalue weighted by molar-refractivity contribution is 6.35. The summed E-state index contributed by atoms with van der Waals surface area (Å²) in [5.74, 6) is 0.389. The number of hydrogen-bond acceptors (Lipinski definition) is 4. The molecule has 0 saturated heterocycles. The highest BCUT2D eigenvalue weighted by Gasteiger charge is 2.11. The molecular formula is C20H23NO3. The van der Waals surface area contributed by atoms with E-state index in [4.69, 9.17) is 4.74 Å². The quantitative estimate of drug-likeness (QED) is 0.649. The number of carbonyl (C=O) groups excluding carboxylic acids is 1. The number of aliphatic hydroxyl groups excluding tert-OH is 1. The molecule has 0 aliphatic carbocycles. The number of aliphatic hydroxyl groups is 1. The minimum atomic E-state index is -0.297. The second-order valence-electron chi connectivity index (χ2n) is 6.55. The Morgan fingerprint density at radius 3 is 2.50 bits per heavy atom. The standard InChI is InChI=1S/C20H23NO3/c1-20(2,3)21-12-18(23)16-9-10-19(17(11-16)13-22)24-14-15-7-5-4-6-8-15/h4-12,22H,13-14H2,1-3H3. The summed E-state index contributed by atoms with van der Waals surface area (Å²) in [5, 5.41) is 9.56. The molecule has 0 heterocycles. The van der Waals surface area contributed by atoms with Crippen LogP contribution in [0.1, 0.15) is 42.3 Å². The maximum absolute atomic E-state index is 12.2. The van der Waals surface area contributed by atoms with Crippen molar-refractivity contribution in [1.82, 2.24) is 0 Å². The maximum Gasteiger partial charge on any atom is 0.203 e. The van der Waals surface area contributed by atoms with Gasteiger partial charge in [0.25, 0.3) is 0 Å². The number of hydrogen-bond donors (Lipinski definition) is 1. The number of carbonyl (C=O) groups is 1. The fourth-order valence-corrected chi connectivity index (χ4v) is 2.06. The van der Waals surface area contributed by atoms with E-state index in [2.05, 4.69) is 4.99 Å². The van der Waals surface area contributed by atoms with Crippen molar-refractivity contribution in [1.29, 1.82) is 0 Å². The van der Waals surface area contributed by atoms with E-state index in [-0.39, 0.29) is 17.9 Å². The molecule has 0 aromatic heterocycles. The molecule has 126 valence electrons. The van der Waals surface area contributed by atoms with Gasteiger partial charge in [0, 0.05) is 11.1 Å². The molecule has 24 heavy (non-hydrogen) atoms. The third-order valence-corrected chi connectivity index (χ3v) is 3.32. The van der Waals surface area contributed by atoms with Crippen molar-refractivity contribution in [3.8, 4) is 5.75 Å². The van der Waals surface area contributed by atoms with Crippen molar-refractivity contribution in [2.45, 2.75) is 39.5 Å². The van der Waals surface area contributed by atoms with Gasteiger partial charge >= 0.3 is 0 Å². The molecular weight excluding hydrogens is 302 g/mol. The fourth-order valence-electron chi connectivity index (χ4n) is 2.06. The lowest BCUT2D eigenvalue weighted by Gasteiger charge is -2.12. The predicted octanol–water partition coefficient (Wildman–Crippen LogP) is 3.81. The molecule has 0 bridgehead atoms. The van der Waals surface area contributed by atoms with Crippen LogP contribution in [0.25, 0.3) is 0 Å². The van der Waals surface area contributed by atoms with Gasteiger partial charge < -0.3 is 9.84 Å². The largest absolute Gasteiger partial charge is 0.489 e. The van der Waals surface area contributed by atoms with E-state index in [1.165, 1.54) is 6.21 Å². The van der Waals surface area contributed by atoms with Crippen LogP contribution in [0.15, 0.2) is 53.5 Å². The first-order valence-electron chi connectivity index (χ1n) is 7.89. The average Bonchev–Trinajstić information content (AvgIpc) is 2.58. The van der Waals surface area contributed by atoms with Gasteiger partial charge in [0.1, 0.15) is 12.4 Å². The van der Waals surface area contributed by atoms with Crippen molar-refractivity contribution in [3.63, 3.8) is 0 Å². The monoisotopic (exact) mass is 325 g/mol. The van der Waals surface area contributed by atoms with E-state index in [0.717, 1.165) is 5.56 Å². The van der Waals surface area contributed by atoms with Gasteiger partial charge in [-0.25, -0.2) is 0 Å². The molecule has 2 rings (SSSR count). The zero-order valence-corrected chi connectivity index (χ0v) is 14.3. The summed E-state index contributed by atoms with van der Waals surface area (Å²) in [5.41, 5.74) is 1.81. The molecule has 2 aromatic rings. The van der Waals surface area contributed by atoms with Gasteiger partial charge in [0.05, 0.1) is 18.4 Å². The number of ketones is 1. The van der Waals surface area contributed by atoms with Gasteiger partial charge in [-0.3, -0.25) is 9.79 Å². The third kappa shape index (κ3) is 5.32. The van der Waals surface area contributed by atoms with Crippen LogP contribution in [0.3, 0.4) is 0 Å². The summed E-state index contributed by atoms with van der Waals surface area (Å²) >= 11 is 0. The lowest BCUT2D eigenvalue weighted by Crippen LogP contribution is -2.12. The minimum absolute atomic E-state index is 0.186. The van der Waals surface area contributed by atoms with Crippen LogP contribution in [0, 0.1) is 0 Å². The van der Waals surface area contributed by atoms with E-state index in [1.54, 1.807) is 18.2 Å². The number of Topliss-reactive ketones (excluding diaryl/α,β-unsaturated/α-hetero) is 1. The van der Waals surface area contributed by atoms with E-state index in [9.17, 15) is 9.90 Å². The third-order valence-electron chi connectivity index (χ3n) is 3.32. The SMILES string of the molecule is CC(C)(C)N=CC(=O)c1ccc(OCc2ccccc2)c(CO)c1. The number of aliphatic imine (C=N–C) groups is 1. The summed E-state index contributed by atoms with van der Waals surface area (Å²) in [4.78, 5) is 16.4.